The van der Waals surface area contributed by atoms with Crippen LogP contribution in [0.4, 0.5) is 0 Å². The van der Waals surface area contributed by atoms with Crippen LogP contribution in [0, 0.1) is 0 Å². The Morgan fingerprint density at radius 2 is 1.53 bits per heavy atom. The maximum atomic E-state index is 11.1. The van der Waals surface area contributed by atoms with E-state index in [1.165, 1.54) is 12.2 Å². The third kappa shape index (κ3) is 4.56. The number of rotatable bonds is 10. The van der Waals surface area contributed by atoms with Gasteiger partial charge in [0.05, 0.1) is 17.8 Å². The fourth-order valence-electron chi connectivity index (χ4n) is 1.48. The molecule has 0 amide bonds. The fourth-order valence-corrected chi connectivity index (χ4v) is 1.48. The summed E-state index contributed by atoms with van der Waals surface area (Å²) in [4.78, 5) is 21.8. The summed E-state index contributed by atoms with van der Waals surface area (Å²) < 4.78 is 5.45. The topological polar surface area (TPSA) is 83.8 Å². The van der Waals surface area contributed by atoms with Crippen LogP contribution in [0.1, 0.15) is 12.8 Å². The maximum Gasteiger partial charge on any atom is 0.333 e. The Bertz CT molecular complexity index is 410. The number of hydrogen-bond donors (Lipinski definition) is 2. The highest BCUT2D eigenvalue weighted by atomic mass is 16.5. The van der Waals surface area contributed by atoms with Crippen LogP contribution in [0.5, 0.6) is 0 Å². The second kappa shape index (κ2) is 7.33. The molecule has 0 aromatic carbocycles. The maximum absolute atomic E-state index is 11.1. The van der Waals surface area contributed by atoms with E-state index in [-0.39, 0.29) is 30.6 Å². The zero-order valence-corrected chi connectivity index (χ0v) is 10.7. The van der Waals surface area contributed by atoms with Gasteiger partial charge in [-0.15, -0.1) is 13.2 Å². The molecule has 0 aromatic rings. The van der Waals surface area contributed by atoms with E-state index in [1.54, 1.807) is 0 Å². The molecule has 5 nitrogen and oxygen atoms in total. The molecule has 0 bridgehead atoms. The fraction of sp³-hybridized carbons (Fsp3) is 0.286. The first kappa shape index (κ1) is 16.9. The molecule has 19 heavy (non-hydrogen) atoms. The first-order valence-electron chi connectivity index (χ1n) is 5.50. The number of ether oxygens (including phenoxy) is 1. The minimum absolute atomic E-state index is 0.171. The Morgan fingerprint density at radius 1 is 1.05 bits per heavy atom. The molecule has 0 fully saturated rings. The summed E-state index contributed by atoms with van der Waals surface area (Å²) >= 11 is 0. The monoisotopic (exact) mass is 266 g/mol. The van der Waals surface area contributed by atoms with Gasteiger partial charge in [0.25, 0.3) is 0 Å². The van der Waals surface area contributed by atoms with Crippen LogP contribution in [0.25, 0.3) is 0 Å². The zero-order chi connectivity index (χ0) is 15.1. The average Bonchev–Trinajstić information content (AvgIpc) is 2.34. The summed E-state index contributed by atoms with van der Waals surface area (Å²) in [7, 11) is 0. The van der Waals surface area contributed by atoms with Crippen molar-refractivity contribution in [3.8, 4) is 0 Å². The van der Waals surface area contributed by atoms with Gasteiger partial charge in [0.2, 0.25) is 0 Å². The SMILES string of the molecule is C=CCC(CC=C)(OCC(=C)C(=O)O)C(=C)C(=O)O. The molecule has 0 saturated heterocycles. The molecule has 0 aliphatic heterocycles. The van der Waals surface area contributed by atoms with Crippen LogP contribution in [0.2, 0.25) is 0 Å². The van der Waals surface area contributed by atoms with Gasteiger partial charge in [-0.1, -0.05) is 25.3 Å². The van der Waals surface area contributed by atoms with Crippen molar-refractivity contribution < 1.29 is 24.5 Å². The van der Waals surface area contributed by atoms with E-state index >= 15 is 0 Å². The molecular weight excluding hydrogens is 248 g/mol. The first-order valence-corrected chi connectivity index (χ1v) is 5.50. The molecule has 5 heteroatoms. The van der Waals surface area contributed by atoms with Gasteiger partial charge < -0.3 is 14.9 Å². The van der Waals surface area contributed by atoms with Gasteiger partial charge >= 0.3 is 11.9 Å². The lowest BCUT2D eigenvalue weighted by atomic mass is 9.87. The third-order valence-corrected chi connectivity index (χ3v) is 2.58. The van der Waals surface area contributed by atoms with E-state index in [1.807, 2.05) is 0 Å². The van der Waals surface area contributed by atoms with Gasteiger partial charge in [-0.05, 0) is 12.8 Å². The molecule has 0 aliphatic rings. The molecule has 104 valence electrons. The van der Waals surface area contributed by atoms with Gasteiger partial charge in [0.15, 0.2) is 0 Å². The van der Waals surface area contributed by atoms with E-state index in [0.29, 0.717) is 0 Å². The second-order valence-electron chi connectivity index (χ2n) is 3.96. The van der Waals surface area contributed by atoms with Crippen molar-refractivity contribution in [2.45, 2.75) is 18.4 Å². The summed E-state index contributed by atoms with van der Waals surface area (Å²) in [5.41, 5.74) is -1.60. The van der Waals surface area contributed by atoms with Crippen molar-refractivity contribution in [2.24, 2.45) is 0 Å². The summed E-state index contributed by atoms with van der Waals surface area (Å²) in [6, 6.07) is 0. The van der Waals surface area contributed by atoms with Crippen molar-refractivity contribution >= 4 is 11.9 Å². The van der Waals surface area contributed by atoms with Crippen molar-refractivity contribution in [2.75, 3.05) is 6.61 Å². The summed E-state index contributed by atoms with van der Waals surface area (Å²) in [5.74, 6) is -2.42. The molecule has 0 radical (unpaired) electrons. The van der Waals surface area contributed by atoms with Crippen LogP contribution in [0.15, 0.2) is 49.6 Å². The molecule has 0 saturated carbocycles. The van der Waals surface area contributed by atoms with Crippen molar-refractivity contribution in [3.05, 3.63) is 49.6 Å². The number of aliphatic carboxylic acids is 2. The zero-order valence-electron chi connectivity index (χ0n) is 10.7. The minimum Gasteiger partial charge on any atom is -0.478 e. The van der Waals surface area contributed by atoms with Crippen LogP contribution in [-0.4, -0.2) is 34.4 Å². The lowest BCUT2D eigenvalue weighted by molar-refractivity contribution is -0.136. The lowest BCUT2D eigenvalue weighted by Crippen LogP contribution is -2.38. The smallest absolute Gasteiger partial charge is 0.333 e. The normalized spacial score (nSPS) is 10.5. The highest BCUT2D eigenvalue weighted by Crippen LogP contribution is 2.30. The minimum atomic E-state index is -1.26. The van der Waals surface area contributed by atoms with Gasteiger partial charge in [-0.25, -0.2) is 9.59 Å². The second-order valence-corrected chi connectivity index (χ2v) is 3.96. The van der Waals surface area contributed by atoms with Crippen molar-refractivity contribution in [1.29, 1.82) is 0 Å². The Balaban J connectivity index is 5.22. The predicted octanol–water partition coefficient (Wildman–Crippen LogP) is 2.18. The number of carboxylic acids is 2. The predicted molar refractivity (Wildman–Crippen MR) is 71.9 cm³/mol. The average molecular weight is 266 g/mol. The van der Waals surface area contributed by atoms with E-state index in [2.05, 4.69) is 26.3 Å². The first-order chi connectivity index (χ1) is 8.80. The number of carboxylic acid groups (broad SMARTS) is 2. The van der Waals surface area contributed by atoms with Gasteiger partial charge in [-0.2, -0.15) is 0 Å². The summed E-state index contributed by atoms with van der Waals surface area (Å²) in [5, 5.41) is 17.8. The Kier molecular flexibility index (Phi) is 6.50. The largest absolute Gasteiger partial charge is 0.478 e. The van der Waals surface area contributed by atoms with E-state index < -0.39 is 17.5 Å². The molecule has 0 heterocycles. The van der Waals surface area contributed by atoms with Crippen LogP contribution < -0.4 is 0 Å². The lowest BCUT2D eigenvalue weighted by Gasteiger charge is -2.32. The standard InChI is InChI=1S/C14H18O5/c1-5-7-14(8-6-2,11(4)13(17)18)19-9-10(3)12(15)16/h5-6H,1-4,7-9H2,(H,15,16)(H,17,18). The van der Waals surface area contributed by atoms with E-state index in [9.17, 15) is 9.59 Å². The molecular formula is C14H18O5. The quantitative estimate of drug-likeness (QED) is 0.467. The Morgan fingerprint density at radius 3 is 1.84 bits per heavy atom. The van der Waals surface area contributed by atoms with Crippen molar-refractivity contribution in [1.82, 2.24) is 0 Å². The summed E-state index contributed by atoms with van der Waals surface area (Å²) in [6.45, 7) is 13.6. The molecule has 2 N–H and O–H groups in total. The third-order valence-electron chi connectivity index (χ3n) is 2.58. The van der Waals surface area contributed by atoms with Crippen LogP contribution in [0.3, 0.4) is 0 Å². The molecule has 0 rings (SSSR count). The Hall–Kier alpha value is -2.14. The molecule has 0 aromatic heterocycles. The Labute approximate surface area is 112 Å². The van der Waals surface area contributed by atoms with Crippen LogP contribution >= 0.6 is 0 Å². The molecule has 0 aliphatic carbocycles. The summed E-state index contributed by atoms with van der Waals surface area (Å²) in [6.07, 6.45) is 3.33. The van der Waals surface area contributed by atoms with E-state index in [0.717, 1.165) is 0 Å². The van der Waals surface area contributed by atoms with E-state index in [4.69, 9.17) is 14.9 Å². The molecule has 0 spiro atoms. The van der Waals surface area contributed by atoms with Gasteiger partial charge in [0.1, 0.15) is 5.60 Å². The number of carbonyl (C=O) groups is 2. The highest BCUT2D eigenvalue weighted by molar-refractivity contribution is 5.88. The molecule has 0 unspecified atom stereocenters. The van der Waals surface area contributed by atoms with Crippen LogP contribution in [-0.2, 0) is 14.3 Å². The molecule has 0 atom stereocenters. The van der Waals surface area contributed by atoms with Crippen molar-refractivity contribution in [3.63, 3.8) is 0 Å². The van der Waals surface area contributed by atoms with Gasteiger partial charge in [0, 0.05) is 0 Å². The van der Waals surface area contributed by atoms with Gasteiger partial charge in [-0.3, -0.25) is 0 Å². The highest BCUT2D eigenvalue weighted by Gasteiger charge is 2.36. The number of hydrogen-bond acceptors (Lipinski definition) is 3.